The van der Waals surface area contributed by atoms with Crippen LogP contribution in [-0.4, -0.2) is 35.3 Å². The fourth-order valence-electron chi connectivity index (χ4n) is 3.13. The smallest absolute Gasteiger partial charge is 0.222 e. The number of aliphatic imine (C=N–C) groups is 1. The number of guanidine groups is 1. The number of carbonyl (C=O) groups excluding carboxylic acids is 1. The van der Waals surface area contributed by atoms with Crippen molar-refractivity contribution in [2.45, 2.75) is 46.3 Å². The second kappa shape index (κ2) is 8.70. The third kappa shape index (κ3) is 4.87. The van der Waals surface area contributed by atoms with Crippen molar-refractivity contribution >= 4 is 11.9 Å². The van der Waals surface area contributed by atoms with Gasteiger partial charge in [-0.25, -0.2) is 4.98 Å². The van der Waals surface area contributed by atoms with Gasteiger partial charge in [-0.1, -0.05) is 24.3 Å². The molecule has 7 heteroatoms. The van der Waals surface area contributed by atoms with Crippen LogP contribution < -0.4 is 10.6 Å². The van der Waals surface area contributed by atoms with Crippen molar-refractivity contribution in [3.63, 3.8) is 0 Å². The lowest BCUT2D eigenvalue weighted by Crippen LogP contribution is -2.36. The highest BCUT2D eigenvalue weighted by molar-refractivity contribution is 5.79. The van der Waals surface area contributed by atoms with E-state index in [4.69, 9.17) is 4.42 Å². The molecular formula is C20H27N5O2. The summed E-state index contributed by atoms with van der Waals surface area (Å²) in [4.78, 5) is 22.5. The summed E-state index contributed by atoms with van der Waals surface area (Å²) in [5.74, 6) is 2.39. The third-order valence-electron chi connectivity index (χ3n) is 4.80. The molecule has 1 amide bonds. The van der Waals surface area contributed by atoms with Crippen molar-refractivity contribution in [2.24, 2.45) is 4.99 Å². The van der Waals surface area contributed by atoms with E-state index in [0.29, 0.717) is 37.9 Å². The Kier molecular flexibility index (Phi) is 6.11. The van der Waals surface area contributed by atoms with Crippen LogP contribution in [0.3, 0.4) is 0 Å². The van der Waals surface area contributed by atoms with Crippen LogP contribution in [0.15, 0.2) is 33.7 Å². The summed E-state index contributed by atoms with van der Waals surface area (Å²) in [6.07, 6.45) is 1.62. The van der Waals surface area contributed by atoms with E-state index < -0.39 is 0 Å². The van der Waals surface area contributed by atoms with E-state index in [1.807, 2.05) is 30.9 Å². The fourth-order valence-corrected chi connectivity index (χ4v) is 3.13. The molecule has 1 fully saturated rings. The normalized spacial score (nSPS) is 14.7. The highest BCUT2D eigenvalue weighted by atomic mass is 16.4. The third-order valence-corrected chi connectivity index (χ3v) is 4.80. The van der Waals surface area contributed by atoms with Gasteiger partial charge >= 0.3 is 0 Å². The summed E-state index contributed by atoms with van der Waals surface area (Å²) < 4.78 is 5.58. The minimum Gasteiger partial charge on any atom is -0.444 e. The zero-order valence-electron chi connectivity index (χ0n) is 16.2. The molecule has 0 unspecified atom stereocenters. The molecular weight excluding hydrogens is 342 g/mol. The van der Waals surface area contributed by atoms with Crippen molar-refractivity contribution in [2.75, 3.05) is 13.6 Å². The summed E-state index contributed by atoms with van der Waals surface area (Å²) in [6.45, 7) is 6.44. The van der Waals surface area contributed by atoms with Crippen LogP contribution in [0.5, 0.6) is 0 Å². The topological polar surface area (TPSA) is 82.8 Å². The standard InChI is InChI=1S/C20H27N5O2/c1-14-15(2)27-18(24-14)12-23-20(21-3)22-11-16-7-4-5-8-17(16)13-25-10-6-9-19(25)26/h4-5,7-8H,6,9-13H2,1-3H3,(H2,21,22,23). The molecule has 1 aromatic carbocycles. The first-order valence-corrected chi connectivity index (χ1v) is 9.29. The lowest BCUT2D eigenvalue weighted by molar-refractivity contribution is -0.128. The van der Waals surface area contributed by atoms with Crippen molar-refractivity contribution in [3.05, 3.63) is 52.7 Å². The predicted molar refractivity (Wildman–Crippen MR) is 104 cm³/mol. The monoisotopic (exact) mass is 369 g/mol. The number of likely N-dealkylation sites (tertiary alicyclic amines) is 1. The number of aromatic nitrogens is 1. The van der Waals surface area contributed by atoms with E-state index in [2.05, 4.69) is 32.7 Å². The van der Waals surface area contributed by atoms with Gasteiger partial charge in [-0.3, -0.25) is 9.79 Å². The van der Waals surface area contributed by atoms with E-state index in [0.717, 1.165) is 35.5 Å². The second-order valence-electron chi connectivity index (χ2n) is 6.72. The molecule has 2 heterocycles. The van der Waals surface area contributed by atoms with Crippen LogP contribution in [0.4, 0.5) is 0 Å². The van der Waals surface area contributed by atoms with Crippen LogP contribution >= 0.6 is 0 Å². The SMILES string of the molecule is CN=C(NCc1nc(C)c(C)o1)NCc1ccccc1CN1CCCC1=O. The number of oxazole rings is 1. The molecule has 0 saturated carbocycles. The number of rotatable bonds is 6. The lowest BCUT2D eigenvalue weighted by atomic mass is 10.1. The summed E-state index contributed by atoms with van der Waals surface area (Å²) in [5.41, 5.74) is 3.22. The minimum atomic E-state index is 0.242. The molecule has 1 aliphatic heterocycles. The molecule has 2 N–H and O–H groups in total. The summed E-state index contributed by atoms with van der Waals surface area (Å²) in [7, 11) is 1.73. The van der Waals surface area contributed by atoms with Gasteiger partial charge in [0, 0.05) is 33.1 Å². The average molecular weight is 369 g/mol. The highest BCUT2D eigenvalue weighted by Crippen LogP contribution is 2.17. The number of hydrogen-bond donors (Lipinski definition) is 2. The predicted octanol–water partition coefficient (Wildman–Crippen LogP) is 2.28. The summed E-state index contributed by atoms with van der Waals surface area (Å²) in [5, 5.41) is 6.53. The van der Waals surface area contributed by atoms with Crippen LogP contribution in [0, 0.1) is 13.8 Å². The number of amides is 1. The molecule has 7 nitrogen and oxygen atoms in total. The number of hydrogen-bond acceptors (Lipinski definition) is 4. The van der Waals surface area contributed by atoms with Gasteiger partial charge in [-0.05, 0) is 31.4 Å². The molecule has 0 aliphatic carbocycles. The Bertz CT molecular complexity index is 808. The zero-order valence-corrected chi connectivity index (χ0v) is 16.2. The number of nitrogens with one attached hydrogen (secondary N) is 2. The van der Waals surface area contributed by atoms with E-state index in [1.54, 1.807) is 7.05 Å². The Morgan fingerprint density at radius 1 is 1.22 bits per heavy atom. The molecule has 0 spiro atoms. The van der Waals surface area contributed by atoms with E-state index >= 15 is 0 Å². The number of benzene rings is 1. The van der Waals surface area contributed by atoms with Gasteiger partial charge in [-0.15, -0.1) is 0 Å². The van der Waals surface area contributed by atoms with Gasteiger partial charge in [0.2, 0.25) is 11.8 Å². The molecule has 1 aliphatic rings. The van der Waals surface area contributed by atoms with Gasteiger partial charge < -0.3 is 20.0 Å². The second-order valence-corrected chi connectivity index (χ2v) is 6.72. The average Bonchev–Trinajstić information content (AvgIpc) is 3.21. The van der Waals surface area contributed by atoms with Crippen LogP contribution in [-0.2, 0) is 24.4 Å². The fraction of sp³-hybridized carbons (Fsp3) is 0.450. The first-order chi connectivity index (χ1) is 13.1. The Labute approximate surface area is 159 Å². The van der Waals surface area contributed by atoms with Gasteiger partial charge in [0.1, 0.15) is 5.76 Å². The first kappa shape index (κ1) is 18.9. The molecule has 0 bridgehead atoms. The number of carbonyl (C=O) groups is 1. The minimum absolute atomic E-state index is 0.242. The maximum atomic E-state index is 11.9. The van der Waals surface area contributed by atoms with Crippen LogP contribution in [0.1, 0.15) is 41.3 Å². The number of aryl methyl sites for hydroxylation is 2. The van der Waals surface area contributed by atoms with Crippen LogP contribution in [0.2, 0.25) is 0 Å². The molecule has 0 radical (unpaired) electrons. The molecule has 2 aromatic rings. The first-order valence-electron chi connectivity index (χ1n) is 9.29. The Hall–Kier alpha value is -2.83. The highest BCUT2D eigenvalue weighted by Gasteiger charge is 2.20. The van der Waals surface area contributed by atoms with Crippen LogP contribution in [0.25, 0.3) is 0 Å². The van der Waals surface area contributed by atoms with Gasteiger partial charge in [-0.2, -0.15) is 0 Å². The maximum absolute atomic E-state index is 11.9. The van der Waals surface area contributed by atoms with E-state index in [9.17, 15) is 4.79 Å². The Morgan fingerprint density at radius 2 is 1.96 bits per heavy atom. The largest absolute Gasteiger partial charge is 0.444 e. The van der Waals surface area contributed by atoms with E-state index in [1.165, 1.54) is 0 Å². The molecule has 27 heavy (non-hydrogen) atoms. The van der Waals surface area contributed by atoms with Crippen molar-refractivity contribution < 1.29 is 9.21 Å². The maximum Gasteiger partial charge on any atom is 0.222 e. The van der Waals surface area contributed by atoms with Gasteiger partial charge in [0.15, 0.2) is 5.96 Å². The quantitative estimate of drug-likeness (QED) is 0.603. The summed E-state index contributed by atoms with van der Waals surface area (Å²) >= 11 is 0. The summed E-state index contributed by atoms with van der Waals surface area (Å²) in [6, 6.07) is 8.19. The Balaban J connectivity index is 1.57. The van der Waals surface area contributed by atoms with Gasteiger partial charge in [0.25, 0.3) is 0 Å². The molecule has 0 atom stereocenters. The Morgan fingerprint density at radius 3 is 2.59 bits per heavy atom. The van der Waals surface area contributed by atoms with Crippen molar-refractivity contribution in [1.82, 2.24) is 20.5 Å². The number of nitrogens with zero attached hydrogens (tertiary/aromatic N) is 3. The lowest BCUT2D eigenvalue weighted by Gasteiger charge is -2.19. The van der Waals surface area contributed by atoms with Crippen molar-refractivity contribution in [1.29, 1.82) is 0 Å². The van der Waals surface area contributed by atoms with Gasteiger partial charge in [0.05, 0.1) is 12.2 Å². The zero-order chi connectivity index (χ0) is 19.2. The van der Waals surface area contributed by atoms with E-state index in [-0.39, 0.29) is 5.91 Å². The van der Waals surface area contributed by atoms with Crippen molar-refractivity contribution in [3.8, 4) is 0 Å². The molecule has 1 saturated heterocycles. The molecule has 1 aromatic heterocycles. The molecule has 144 valence electrons. The molecule has 3 rings (SSSR count).